The third-order valence-corrected chi connectivity index (χ3v) is 5.32. The molecule has 0 saturated heterocycles. The van der Waals surface area contributed by atoms with Crippen molar-refractivity contribution in [3.63, 3.8) is 0 Å². The normalized spacial score (nSPS) is 12.4. The van der Waals surface area contributed by atoms with Gasteiger partial charge < -0.3 is 15.0 Å². The summed E-state index contributed by atoms with van der Waals surface area (Å²) in [5.41, 5.74) is 1.62. The van der Waals surface area contributed by atoms with E-state index in [4.69, 9.17) is 4.74 Å². The van der Waals surface area contributed by atoms with Crippen LogP contribution in [0.25, 0.3) is 0 Å². The number of ether oxygens (including phenoxy) is 1. The predicted molar refractivity (Wildman–Crippen MR) is 127 cm³/mol. The van der Waals surface area contributed by atoms with Crippen LogP contribution in [-0.4, -0.2) is 48.7 Å². The van der Waals surface area contributed by atoms with Gasteiger partial charge in [0.25, 0.3) is 17.7 Å². The maximum absolute atomic E-state index is 13.0. The van der Waals surface area contributed by atoms with Crippen LogP contribution in [0.15, 0.2) is 72.8 Å². The topological polar surface area (TPSA) is 96.0 Å². The van der Waals surface area contributed by atoms with Crippen LogP contribution < -0.4 is 15.0 Å². The van der Waals surface area contributed by atoms with Crippen molar-refractivity contribution in [1.29, 1.82) is 0 Å². The average molecular weight is 457 g/mol. The van der Waals surface area contributed by atoms with Crippen LogP contribution in [0.5, 0.6) is 5.75 Å². The molecule has 0 aromatic heterocycles. The zero-order valence-corrected chi connectivity index (χ0v) is 18.8. The van der Waals surface area contributed by atoms with E-state index in [0.29, 0.717) is 23.7 Å². The number of amides is 4. The SMILES string of the molecule is CCOc1ccc(N2C(=O)c3ccc(C(=O)N(C)CC(=O)Nc4ccccc4)cc3C2=O)cc1. The summed E-state index contributed by atoms with van der Waals surface area (Å²) in [5, 5.41) is 2.72. The standard InChI is InChI=1S/C26H23N3O5/c1-3-34-20-12-10-19(11-13-20)29-25(32)21-14-9-17(15-22(21)26(29)33)24(31)28(2)16-23(30)27-18-7-5-4-6-8-18/h4-15H,3,16H2,1-2H3,(H,27,30). The lowest BCUT2D eigenvalue weighted by Crippen LogP contribution is -2.35. The maximum atomic E-state index is 13.0. The number of imide groups is 1. The lowest BCUT2D eigenvalue weighted by molar-refractivity contribution is -0.116. The molecule has 172 valence electrons. The summed E-state index contributed by atoms with van der Waals surface area (Å²) >= 11 is 0. The number of nitrogens with zero attached hydrogens (tertiary/aromatic N) is 2. The number of carbonyl (C=O) groups is 4. The minimum absolute atomic E-state index is 0.145. The van der Waals surface area contributed by atoms with Gasteiger partial charge in [0.2, 0.25) is 5.91 Å². The second-order valence-electron chi connectivity index (χ2n) is 7.71. The van der Waals surface area contributed by atoms with Gasteiger partial charge in [0.05, 0.1) is 30.0 Å². The lowest BCUT2D eigenvalue weighted by atomic mass is 10.0. The van der Waals surface area contributed by atoms with Crippen molar-refractivity contribution in [2.45, 2.75) is 6.92 Å². The molecule has 34 heavy (non-hydrogen) atoms. The van der Waals surface area contributed by atoms with Crippen molar-refractivity contribution in [1.82, 2.24) is 4.90 Å². The summed E-state index contributed by atoms with van der Waals surface area (Å²) < 4.78 is 5.41. The van der Waals surface area contributed by atoms with Gasteiger partial charge in [-0.1, -0.05) is 18.2 Å². The molecule has 1 aliphatic rings. The largest absolute Gasteiger partial charge is 0.494 e. The summed E-state index contributed by atoms with van der Waals surface area (Å²) in [6, 6.07) is 19.9. The molecular formula is C26H23N3O5. The van der Waals surface area contributed by atoms with Gasteiger partial charge in [-0.05, 0) is 61.5 Å². The third kappa shape index (κ3) is 4.52. The summed E-state index contributed by atoms with van der Waals surface area (Å²) in [5.74, 6) is -1.13. The minimum Gasteiger partial charge on any atom is -0.494 e. The highest BCUT2D eigenvalue weighted by Crippen LogP contribution is 2.30. The maximum Gasteiger partial charge on any atom is 0.266 e. The highest BCUT2D eigenvalue weighted by Gasteiger charge is 2.37. The van der Waals surface area contributed by atoms with Gasteiger partial charge in [0, 0.05) is 18.3 Å². The number of carbonyl (C=O) groups excluding carboxylic acids is 4. The van der Waals surface area contributed by atoms with Crippen LogP contribution in [0.1, 0.15) is 38.0 Å². The molecule has 0 aliphatic carbocycles. The molecule has 4 amide bonds. The first-order chi connectivity index (χ1) is 16.4. The first-order valence-corrected chi connectivity index (χ1v) is 10.7. The molecule has 3 aromatic rings. The second kappa shape index (κ2) is 9.58. The fourth-order valence-corrected chi connectivity index (χ4v) is 3.70. The van der Waals surface area contributed by atoms with Crippen LogP contribution in [0.2, 0.25) is 0 Å². The number of nitrogens with one attached hydrogen (secondary N) is 1. The number of rotatable bonds is 7. The van der Waals surface area contributed by atoms with Gasteiger partial charge in [-0.25, -0.2) is 4.90 Å². The van der Waals surface area contributed by atoms with Crippen LogP contribution >= 0.6 is 0 Å². The van der Waals surface area contributed by atoms with Crippen molar-refractivity contribution >= 4 is 35.0 Å². The Labute approximate surface area is 196 Å². The molecule has 0 unspecified atom stereocenters. The van der Waals surface area contributed by atoms with Gasteiger partial charge in [-0.15, -0.1) is 0 Å². The number of benzene rings is 3. The van der Waals surface area contributed by atoms with E-state index < -0.39 is 17.7 Å². The first-order valence-electron chi connectivity index (χ1n) is 10.7. The van der Waals surface area contributed by atoms with E-state index in [1.807, 2.05) is 13.0 Å². The van der Waals surface area contributed by atoms with E-state index in [9.17, 15) is 19.2 Å². The zero-order chi connectivity index (χ0) is 24.2. The lowest BCUT2D eigenvalue weighted by Gasteiger charge is -2.17. The van der Waals surface area contributed by atoms with Crippen molar-refractivity contribution in [3.8, 4) is 5.75 Å². The number of hydrogen-bond donors (Lipinski definition) is 1. The van der Waals surface area contributed by atoms with Crippen molar-refractivity contribution in [2.75, 3.05) is 30.4 Å². The molecule has 0 atom stereocenters. The number of para-hydroxylation sites is 1. The van der Waals surface area contributed by atoms with E-state index >= 15 is 0 Å². The van der Waals surface area contributed by atoms with Gasteiger partial charge in [0.1, 0.15) is 5.75 Å². The zero-order valence-electron chi connectivity index (χ0n) is 18.8. The van der Waals surface area contributed by atoms with E-state index in [1.165, 1.54) is 30.1 Å². The van der Waals surface area contributed by atoms with E-state index in [0.717, 1.165) is 4.90 Å². The highest BCUT2D eigenvalue weighted by molar-refractivity contribution is 6.34. The molecule has 8 nitrogen and oxygen atoms in total. The van der Waals surface area contributed by atoms with Crippen LogP contribution in [0.4, 0.5) is 11.4 Å². The number of fused-ring (bicyclic) bond motifs is 1. The molecule has 1 heterocycles. The molecule has 0 radical (unpaired) electrons. The van der Waals surface area contributed by atoms with E-state index in [2.05, 4.69) is 5.32 Å². The number of likely N-dealkylation sites (N-methyl/N-ethyl adjacent to an activating group) is 1. The Bertz CT molecular complexity index is 1260. The third-order valence-electron chi connectivity index (χ3n) is 5.32. The van der Waals surface area contributed by atoms with Gasteiger partial charge in [-0.2, -0.15) is 0 Å². The summed E-state index contributed by atoms with van der Waals surface area (Å²) in [4.78, 5) is 53.4. The predicted octanol–water partition coefficient (Wildman–Crippen LogP) is 3.60. The number of anilines is 2. The minimum atomic E-state index is -0.511. The van der Waals surface area contributed by atoms with Crippen molar-refractivity contribution in [3.05, 3.63) is 89.5 Å². The molecule has 0 bridgehead atoms. The van der Waals surface area contributed by atoms with E-state index in [1.54, 1.807) is 48.5 Å². The first kappa shape index (κ1) is 22.7. The molecule has 1 aliphatic heterocycles. The van der Waals surface area contributed by atoms with Crippen LogP contribution in [0, 0.1) is 0 Å². The van der Waals surface area contributed by atoms with Crippen LogP contribution in [-0.2, 0) is 4.79 Å². The monoisotopic (exact) mass is 457 g/mol. The Morgan fingerprint density at radius 3 is 2.26 bits per heavy atom. The Morgan fingerprint density at radius 1 is 0.912 bits per heavy atom. The fourth-order valence-electron chi connectivity index (χ4n) is 3.70. The number of hydrogen-bond acceptors (Lipinski definition) is 5. The summed E-state index contributed by atoms with van der Waals surface area (Å²) in [6.07, 6.45) is 0. The molecule has 0 saturated carbocycles. The van der Waals surface area contributed by atoms with Gasteiger partial charge in [-0.3, -0.25) is 19.2 Å². The molecule has 3 aromatic carbocycles. The molecule has 0 spiro atoms. The Hall–Kier alpha value is -4.46. The van der Waals surface area contributed by atoms with Gasteiger partial charge in [0.15, 0.2) is 0 Å². The molecule has 8 heteroatoms. The highest BCUT2D eigenvalue weighted by atomic mass is 16.5. The second-order valence-corrected chi connectivity index (χ2v) is 7.71. The van der Waals surface area contributed by atoms with Gasteiger partial charge >= 0.3 is 0 Å². The summed E-state index contributed by atoms with van der Waals surface area (Å²) in [6.45, 7) is 2.20. The van der Waals surface area contributed by atoms with Crippen molar-refractivity contribution in [2.24, 2.45) is 0 Å². The fraction of sp³-hybridized carbons (Fsp3) is 0.154. The smallest absolute Gasteiger partial charge is 0.266 e. The van der Waals surface area contributed by atoms with Crippen LogP contribution in [0.3, 0.4) is 0 Å². The Balaban J connectivity index is 1.48. The van der Waals surface area contributed by atoms with E-state index in [-0.39, 0.29) is 29.1 Å². The average Bonchev–Trinajstić information content (AvgIpc) is 3.09. The Kier molecular flexibility index (Phi) is 6.40. The van der Waals surface area contributed by atoms with Crippen molar-refractivity contribution < 1.29 is 23.9 Å². The molecular weight excluding hydrogens is 434 g/mol. The summed E-state index contributed by atoms with van der Waals surface area (Å²) in [7, 11) is 1.50. The quantitative estimate of drug-likeness (QED) is 0.547. The molecule has 4 rings (SSSR count). The molecule has 1 N–H and O–H groups in total. The Morgan fingerprint density at radius 2 is 1.59 bits per heavy atom. The molecule has 0 fully saturated rings.